The average molecular weight is 496 g/mol. The molecule has 0 bridgehead atoms. The van der Waals surface area contributed by atoms with Gasteiger partial charge in [-0.25, -0.2) is 4.99 Å². The first-order chi connectivity index (χ1) is 13.1. The third kappa shape index (κ3) is 8.86. The molecule has 0 saturated carbocycles. The van der Waals surface area contributed by atoms with Crippen molar-refractivity contribution in [3.8, 4) is 0 Å². The highest BCUT2D eigenvalue weighted by Gasteiger charge is 2.07. The molecule has 154 valence electrons. The van der Waals surface area contributed by atoms with Crippen LogP contribution in [0.25, 0.3) is 0 Å². The Morgan fingerprint density at radius 2 is 2.04 bits per heavy atom. The molecule has 0 aliphatic rings. The number of nitrogens with one attached hydrogen (secondary N) is 2. The van der Waals surface area contributed by atoms with E-state index in [1.54, 1.807) is 6.33 Å². The van der Waals surface area contributed by atoms with Crippen LogP contribution in [-0.2, 0) is 19.4 Å². The molecule has 28 heavy (non-hydrogen) atoms. The molecule has 2 N–H and O–H groups in total. The van der Waals surface area contributed by atoms with Gasteiger partial charge >= 0.3 is 0 Å². The van der Waals surface area contributed by atoms with Crippen LogP contribution in [0.5, 0.6) is 0 Å². The number of halogens is 1. The molecule has 1 aromatic carbocycles. The summed E-state index contributed by atoms with van der Waals surface area (Å²) in [6.45, 7) is 12.4. The largest absolute Gasteiger partial charge is 0.355 e. The van der Waals surface area contributed by atoms with Crippen LogP contribution >= 0.6 is 24.0 Å². The fourth-order valence-electron chi connectivity index (χ4n) is 2.73. The normalized spacial score (nSPS) is 12.2. The highest BCUT2D eigenvalue weighted by atomic mass is 127. The van der Waals surface area contributed by atoms with Gasteiger partial charge in [0.15, 0.2) is 5.96 Å². The van der Waals surface area contributed by atoms with Crippen molar-refractivity contribution in [2.24, 2.45) is 4.99 Å². The van der Waals surface area contributed by atoms with Gasteiger partial charge in [0.1, 0.15) is 12.2 Å². The average Bonchev–Trinajstić information content (AvgIpc) is 3.12. The Bertz CT molecular complexity index is 726. The highest BCUT2D eigenvalue weighted by molar-refractivity contribution is 14.0. The lowest BCUT2D eigenvalue weighted by Crippen LogP contribution is -2.43. The summed E-state index contributed by atoms with van der Waals surface area (Å²) in [5.74, 6) is 1.83. The minimum Gasteiger partial charge on any atom is -0.355 e. The summed E-state index contributed by atoms with van der Waals surface area (Å²) in [7, 11) is 0. The zero-order valence-corrected chi connectivity index (χ0v) is 19.5. The van der Waals surface area contributed by atoms with E-state index in [2.05, 4.69) is 81.1 Å². The number of aryl methyl sites for hydroxylation is 2. The second-order valence-electron chi connectivity index (χ2n) is 6.91. The van der Waals surface area contributed by atoms with Crippen molar-refractivity contribution < 1.29 is 0 Å². The third-order valence-electron chi connectivity index (χ3n) is 4.26. The van der Waals surface area contributed by atoms with E-state index in [4.69, 9.17) is 0 Å². The fraction of sp³-hybridized carbons (Fsp3) is 0.476. The number of hydrogen-bond acceptors (Lipinski definition) is 3. The maximum absolute atomic E-state index is 4.63. The van der Waals surface area contributed by atoms with Crippen LogP contribution in [0.15, 0.2) is 53.8 Å². The molecule has 1 unspecified atom stereocenters. The van der Waals surface area contributed by atoms with Crippen LogP contribution in [0.1, 0.15) is 38.6 Å². The summed E-state index contributed by atoms with van der Waals surface area (Å²) >= 11 is 0. The van der Waals surface area contributed by atoms with Gasteiger partial charge in [0.25, 0.3) is 0 Å². The quantitative estimate of drug-likeness (QED) is 0.228. The Labute approximate surface area is 186 Å². The van der Waals surface area contributed by atoms with Gasteiger partial charge in [-0.1, -0.05) is 49.4 Å². The van der Waals surface area contributed by atoms with Gasteiger partial charge in [0.05, 0.1) is 6.54 Å². The first-order valence-corrected chi connectivity index (χ1v) is 9.68. The van der Waals surface area contributed by atoms with E-state index in [0.29, 0.717) is 12.6 Å². The Balaban J connectivity index is 0.00000392. The number of benzene rings is 1. The zero-order valence-electron chi connectivity index (χ0n) is 17.2. The van der Waals surface area contributed by atoms with Crippen molar-refractivity contribution in [3.63, 3.8) is 0 Å². The lowest BCUT2D eigenvalue weighted by molar-refractivity contribution is 0.581. The molecule has 6 nitrogen and oxygen atoms in total. The van der Waals surface area contributed by atoms with E-state index < -0.39 is 0 Å². The number of nitrogens with zero attached hydrogens (tertiary/aromatic N) is 4. The number of rotatable bonds is 10. The number of guanidine groups is 1. The maximum Gasteiger partial charge on any atom is 0.191 e. The van der Waals surface area contributed by atoms with E-state index in [0.717, 1.165) is 49.7 Å². The smallest absolute Gasteiger partial charge is 0.191 e. The molecule has 0 aliphatic carbocycles. The summed E-state index contributed by atoms with van der Waals surface area (Å²) < 4.78 is 2.07. The molecule has 0 spiro atoms. The molecule has 0 amide bonds. The molecule has 1 atom stereocenters. The van der Waals surface area contributed by atoms with Crippen molar-refractivity contribution in [1.29, 1.82) is 0 Å². The topological polar surface area (TPSA) is 67.1 Å². The second kappa shape index (κ2) is 13.3. The molecule has 0 saturated heterocycles. The van der Waals surface area contributed by atoms with Crippen LogP contribution in [-0.4, -0.2) is 39.9 Å². The number of hydrogen-bond donors (Lipinski definition) is 2. The lowest BCUT2D eigenvalue weighted by Gasteiger charge is -2.19. The van der Waals surface area contributed by atoms with Crippen LogP contribution in [0.4, 0.5) is 0 Å². The van der Waals surface area contributed by atoms with Gasteiger partial charge in [-0.3, -0.25) is 0 Å². The maximum atomic E-state index is 4.63. The first kappa shape index (κ1) is 24.1. The van der Waals surface area contributed by atoms with Gasteiger partial charge in [-0.15, -0.1) is 34.2 Å². The summed E-state index contributed by atoms with van der Waals surface area (Å²) in [6.07, 6.45) is 4.75. The molecular weight excluding hydrogens is 463 g/mol. The minimum absolute atomic E-state index is 0. The fourth-order valence-corrected chi connectivity index (χ4v) is 2.73. The second-order valence-corrected chi connectivity index (χ2v) is 6.91. The van der Waals surface area contributed by atoms with E-state index in [9.17, 15) is 0 Å². The van der Waals surface area contributed by atoms with Crippen LogP contribution in [0, 0.1) is 0 Å². The van der Waals surface area contributed by atoms with Gasteiger partial charge in [-0.05, 0) is 32.3 Å². The summed E-state index contributed by atoms with van der Waals surface area (Å²) in [6, 6.07) is 10.9. The highest BCUT2D eigenvalue weighted by Crippen LogP contribution is 2.05. The molecular formula is C21H33IN6. The Kier molecular flexibility index (Phi) is 11.5. The Morgan fingerprint density at radius 3 is 2.71 bits per heavy atom. The predicted octanol–water partition coefficient (Wildman–Crippen LogP) is 3.59. The van der Waals surface area contributed by atoms with Crippen molar-refractivity contribution in [2.45, 2.75) is 52.6 Å². The van der Waals surface area contributed by atoms with Crippen molar-refractivity contribution in [3.05, 3.63) is 60.2 Å². The minimum atomic E-state index is 0. The van der Waals surface area contributed by atoms with E-state index in [1.165, 1.54) is 5.56 Å². The summed E-state index contributed by atoms with van der Waals surface area (Å²) in [5, 5.41) is 15.0. The first-order valence-electron chi connectivity index (χ1n) is 9.68. The van der Waals surface area contributed by atoms with Crippen molar-refractivity contribution >= 4 is 29.9 Å². The van der Waals surface area contributed by atoms with Crippen LogP contribution < -0.4 is 10.6 Å². The monoisotopic (exact) mass is 496 g/mol. The SMILES string of the molecule is C=C(C)CN=C(NCCn1cnnc1CC)NC(C)CCc1ccccc1.I. The number of aromatic nitrogens is 3. The van der Waals surface area contributed by atoms with E-state index in [1.807, 2.05) is 6.92 Å². The molecule has 1 aromatic heterocycles. The predicted molar refractivity (Wildman–Crippen MR) is 127 cm³/mol. The van der Waals surface area contributed by atoms with Crippen LogP contribution in [0.2, 0.25) is 0 Å². The number of aliphatic imine (C=N–C) groups is 1. The molecule has 0 aliphatic heterocycles. The summed E-state index contributed by atoms with van der Waals surface area (Å²) in [4.78, 5) is 4.63. The molecule has 1 heterocycles. The zero-order chi connectivity index (χ0) is 19.5. The van der Waals surface area contributed by atoms with E-state index in [-0.39, 0.29) is 24.0 Å². The van der Waals surface area contributed by atoms with Gasteiger partial charge < -0.3 is 15.2 Å². The molecule has 2 rings (SSSR count). The molecule has 2 aromatic rings. The van der Waals surface area contributed by atoms with Crippen molar-refractivity contribution in [1.82, 2.24) is 25.4 Å². The molecule has 0 radical (unpaired) electrons. The molecule has 7 heteroatoms. The Hall–Kier alpha value is -1.90. The van der Waals surface area contributed by atoms with Crippen molar-refractivity contribution in [2.75, 3.05) is 13.1 Å². The lowest BCUT2D eigenvalue weighted by atomic mass is 10.1. The van der Waals surface area contributed by atoms with Gasteiger partial charge in [0, 0.05) is 25.6 Å². The van der Waals surface area contributed by atoms with E-state index >= 15 is 0 Å². The third-order valence-corrected chi connectivity index (χ3v) is 4.26. The summed E-state index contributed by atoms with van der Waals surface area (Å²) in [5.41, 5.74) is 2.40. The van der Waals surface area contributed by atoms with Gasteiger partial charge in [0.2, 0.25) is 0 Å². The standard InChI is InChI=1S/C21H32N6.HI/c1-5-20-26-24-16-27(20)14-13-22-21(23-15-17(2)3)25-18(4)11-12-19-9-7-6-8-10-19;/h6-10,16,18H,2,5,11-15H2,1,3-4H3,(H2,22,23,25);1H. The molecule has 0 fully saturated rings. The van der Waals surface area contributed by atoms with Gasteiger partial charge in [-0.2, -0.15) is 0 Å². The van der Waals surface area contributed by atoms with Crippen LogP contribution in [0.3, 0.4) is 0 Å². The Morgan fingerprint density at radius 1 is 1.29 bits per heavy atom.